The van der Waals surface area contributed by atoms with Crippen molar-refractivity contribution in [2.45, 2.75) is 25.3 Å². The third kappa shape index (κ3) is 4.48. The van der Waals surface area contributed by atoms with Crippen LogP contribution in [0.15, 0.2) is 83.5 Å². The first-order chi connectivity index (χ1) is 16.5. The highest BCUT2D eigenvalue weighted by Gasteiger charge is 2.43. The Kier molecular flexibility index (Phi) is 6.44. The van der Waals surface area contributed by atoms with Crippen LogP contribution in [0.1, 0.15) is 46.8 Å². The van der Waals surface area contributed by atoms with Crippen LogP contribution in [-0.2, 0) is 0 Å². The molecular formula is C28H24Cl2N2O2. The maximum Gasteiger partial charge on any atom is 0.274 e. The zero-order chi connectivity index (χ0) is 23.7. The van der Waals surface area contributed by atoms with Crippen LogP contribution < -0.4 is 4.74 Å². The van der Waals surface area contributed by atoms with Gasteiger partial charge in [0.15, 0.2) is 0 Å². The van der Waals surface area contributed by atoms with Gasteiger partial charge in [0, 0.05) is 21.5 Å². The lowest BCUT2D eigenvalue weighted by Gasteiger charge is -2.29. The van der Waals surface area contributed by atoms with Gasteiger partial charge in [0.1, 0.15) is 5.75 Å². The number of ether oxygens (including phenoxy) is 1. The number of carbonyl (C=O) groups excluding carboxylic acids is 1. The molecule has 2 aliphatic rings. The van der Waals surface area contributed by atoms with Crippen LogP contribution in [0.25, 0.3) is 6.08 Å². The lowest BCUT2D eigenvalue weighted by molar-refractivity contribution is 0.0681. The van der Waals surface area contributed by atoms with E-state index in [0.717, 1.165) is 36.1 Å². The maximum atomic E-state index is 13.7. The van der Waals surface area contributed by atoms with E-state index in [-0.39, 0.29) is 17.9 Å². The van der Waals surface area contributed by atoms with Crippen LogP contribution in [0.2, 0.25) is 10.0 Å². The molecule has 1 saturated carbocycles. The van der Waals surface area contributed by atoms with Gasteiger partial charge in [0.05, 0.1) is 18.9 Å². The SMILES string of the molecule is COc1ccc(C(=O)N2N=C3/C(=C/c4ccc(Cl)cc4)CCC[C@@H]3[C@H]2c2ccc(Cl)cc2)cc1. The number of carbonyl (C=O) groups is 1. The van der Waals surface area contributed by atoms with Gasteiger partial charge in [-0.2, -0.15) is 5.10 Å². The fourth-order valence-corrected chi connectivity index (χ4v) is 5.04. The Hall–Kier alpha value is -3.08. The lowest BCUT2D eigenvalue weighted by Crippen LogP contribution is -2.31. The van der Waals surface area contributed by atoms with E-state index in [1.165, 1.54) is 5.57 Å². The molecular weight excluding hydrogens is 467 g/mol. The Morgan fingerprint density at radius 2 is 1.62 bits per heavy atom. The fourth-order valence-electron chi connectivity index (χ4n) is 4.79. The molecule has 0 bridgehead atoms. The summed E-state index contributed by atoms with van der Waals surface area (Å²) in [5, 5.41) is 7.98. The standard InChI is InChI=1S/C28H24Cl2N2O2/c1-34-24-15-9-20(10-16-24)28(33)32-27(19-7-13-23(30)14-8-19)25-4-2-3-21(26(25)31-32)17-18-5-11-22(29)12-6-18/h5-17,25,27H,2-4H2,1H3/b21-17+/t25-,27+/m0/s1. The second-order valence-corrected chi connectivity index (χ2v) is 9.45. The summed E-state index contributed by atoms with van der Waals surface area (Å²) in [5.74, 6) is 0.700. The molecule has 3 aromatic carbocycles. The first-order valence-electron chi connectivity index (χ1n) is 11.3. The minimum absolute atomic E-state index is 0.121. The quantitative estimate of drug-likeness (QED) is 0.381. The van der Waals surface area contributed by atoms with Crippen molar-refractivity contribution in [2.24, 2.45) is 11.0 Å². The number of rotatable bonds is 4. The van der Waals surface area contributed by atoms with Crippen LogP contribution in [0.5, 0.6) is 5.75 Å². The Morgan fingerprint density at radius 1 is 0.971 bits per heavy atom. The predicted molar refractivity (Wildman–Crippen MR) is 138 cm³/mol. The van der Waals surface area contributed by atoms with Gasteiger partial charge in [-0.3, -0.25) is 4.79 Å². The number of methoxy groups -OCH3 is 1. The number of fused-ring (bicyclic) bond motifs is 1. The van der Waals surface area contributed by atoms with Crippen LogP contribution in [-0.4, -0.2) is 23.7 Å². The summed E-state index contributed by atoms with van der Waals surface area (Å²) in [6.07, 6.45) is 5.10. The van der Waals surface area contributed by atoms with E-state index >= 15 is 0 Å². The zero-order valence-corrected chi connectivity index (χ0v) is 20.3. The van der Waals surface area contributed by atoms with Crippen molar-refractivity contribution in [1.82, 2.24) is 5.01 Å². The Balaban J connectivity index is 1.56. The minimum atomic E-state index is -0.184. The van der Waals surface area contributed by atoms with E-state index in [4.69, 9.17) is 33.0 Å². The normalized spacial score (nSPS) is 20.7. The van der Waals surface area contributed by atoms with E-state index in [1.807, 2.05) is 48.5 Å². The molecule has 0 spiro atoms. The van der Waals surface area contributed by atoms with E-state index in [0.29, 0.717) is 21.4 Å². The molecule has 34 heavy (non-hydrogen) atoms. The Labute approximate surface area is 209 Å². The molecule has 6 heteroatoms. The van der Waals surface area contributed by atoms with Crippen LogP contribution in [0.4, 0.5) is 0 Å². The molecule has 4 nitrogen and oxygen atoms in total. The molecule has 1 fully saturated rings. The summed E-state index contributed by atoms with van der Waals surface area (Å²) >= 11 is 12.2. The number of hydrogen-bond donors (Lipinski definition) is 0. The summed E-state index contributed by atoms with van der Waals surface area (Å²) in [4.78, 5) is 13.7. The third-order valence-corrected chi connectivity index (χ3v) is 6.97. The van der Waals surface area contributed by atoms with Crippen LogP contribution >= 0.6 is 23.2 Å². The van der Waals surface area contributed by atoms with Crippen LogP contribution in [0, 0.1) is 5.92 Å². The fraction of sp³-hybridized carbons (Fsp3) is 0.214. The molecule has 5 rings (SSSR count). The molecule has 3 aromatic rings. The number of benzene rings is 3. The van der Waals surface area contributed by atoms with Crippen molar-refractivity contribution in [1.29, 1.82) is 0 Å². The number of halogens is 2. The van der Waals surface area contributed by atoms with Crippen LogP contribution in [0.3, 0.4) is 0 Å². The minimum Gasteiger partial charge on any atom is -0.497 e. The molecule has 1 aliphatic heterocycles. The number of amides is 1. The highest BCUT2D eigenvalue weighted by molar-refractivity contribution is 6.30. The van der Waals surface area contributed by atoms with Gasteiger partial charge in [0.25, 0.3) is 5.91 Å². The Bertz CT molecular complexity index is 1250. The van der Waals surface area contributed by atoms with E-state index in [9.17, 15) is 4.79 Å². The van der Waals surface area contributed by atoms with Crippen molar-refractivity contribution in [2.75, 3.05) is 7.11 Å². The molecule has 2 atom stereocenters. The van der Waals surface area contributed by atoms with Gasteiger partial charge in [-0.15, -0.1) is 0 Å². The number of hydrazone groups is 1. The smallest absolute Gasteiger partial charge is 0.274 e. The van der Waals surface area contributed by atoms with Gasteiger partial charge >= 0.3 is 0 Å². The number of allylic oxidation sites excluding steroid dienone is 1. The van der Waals surface area contributed by atoms with Gasteiger partial charge < -0.3 is 4.74 Å². The predicted octanol–water partition coefficient (Wildman–Crippen LogP) is 7.44. The van der Waals surface area contributed by atoms with E-state index < -0.39 is 0 Å². The number of hydrogen-bond acceptors (Lipinski definition) is 3. The summed E-state index contributed by atoms with van der Waals surface area (Å²) in [7, 11) is 1.61. The molecule has 0 N–H and O–H groups in total. The molecule has 0 radical (unpaired) electrons. The lowest BCUT2D eigenvalue weighted by atomic mass is 9.77. The average Bonchev–Trinajstić information content (AvgIpc) is 3.26. The average molecular weight is 491 g/mol. The summed E-state index contributed by atoms with van der Waals surface area (Å²) in [6.45, 7) is 0. The first kappa shape index (κ1) is 22.7. The van der Waals surface area contributed by atoms with Gasteiger partial charge in [-0.25, -0.2) is 5.01 Å². The van der Waals surface area contributed by atoms with Gasteiger partial charge in [0.2, 0.25) is 0 Å². The zero-order valence-electron chi connectivity index (χ0n) is 18.7. The second-order valence-electron chi connectivity index (χ2n) is 8.58. The Morgan fingerprint density at radius 3 is 2.26 bits per heavy atom. The van der Waals surface area contributed by atoms with Crippen molar-refractivity contribution in [3.63, 3.8) is 0 Å². The van der Waals surface area contributed by atoms with Crippen molar-refractivity contribution in [3.05, 3.63) is 105 Å². The van der Waals surface area contributed by atoms with Gasteiger partial charge in [-0.1, -0.05) is 47.5 Å². The third-order valence-electron chi connectivity index (χ3n) is 6.47. The summed E-state index contributed by atoms with van der Waals surface area (Å²) < 4.78 is 5.25. The molecule has 1 heterocycles. The second kappa shape index (κ2) is 9.65. The molecule has 0 unspecified atom stereocenters. The van der Waals surface area contributed by atoms with Crippen molar-refractivity contribution in [3.8, 4) is 5.75 Å². The monoisotopic (exact) mass is 490 g/mol. The first-order valence-corrected chi connectivity index (χ1v) is 12.1. The molecule has 172 valence electrons. The molecule has 1 aliphatic carbocycles. The van der Waals surface area contributed by atoms with Crippen molar-refractivity contribution >= 4 is 40.9 Å². The summed E-state index contributed by atoms with van der Waals surface area (Å²) in [5.41, 5.74) is 4.84. The van der Waals surface area contributed by atoms with E-state index in [2.05, 4.69) is 6.08 Å². The largest absolute Gasteiger partial charge is 0.497 e. The van der Waals surface area contributed by atoms with Gasteiger partial charge in [-0.05, 0) is 90.6 Å². The molecule has 0 aromatic heterocycles. The molecule has 1 amide bonds. The maximum absolute atomic E-state index is 13.7. The van der Waals surface area contributed by atoms with E-state index in [1.54, 1.807) is 36.4 Å². The van der Waals surface area contributed by atoms with Crippen molar-refractivity contribution < 1.29 is 9.53 Å². The molecule has 0 saturated heterocycles. The highest BCUT2D eigenvalue weighted by Crippen LogP contribution is 2.45. The topological polar surface area (TPSA) is 41.9 Å². The summed E-state index contributed by atoms with van der Waals surface area (Å²) in [6, 6.07) is 22.5. The highest BCUT2D eigenvalue weighted by atomic mass is 35.5. The number of nitrogens with zero attached hydrogens (tertiary/aromatic N) is 2.